The Bertz CT molecular complexity index is 415. The van der Waals surface area contributed by atoms with E-state index in [2.05, 4.69) is 62.9 Å². The van der Waals surface area contributed by atoms with E-state index in [4.69, 9.17) is 0 Å². The molecule has 0 bridgehead atoms. The van der Waals surface area contributed by atoms with Crippen molar-refractivity contribution < 1.29 is 0 Å². The first kappa shape index (κ1) is 25.2. The molecule has 162 valence electrons. The first-order valence-corrected chi connectivity index (χ1v) is 12.3. The molecular formula is C27H49N. The molecule has 0 amide bonds. The highest BCUT2D eigenvalue weighted by molar-refractivity contribution is 5.14. The zero-order valence-electron chi connectivity index (χ0n) is 19.6. The summed E-state index contributed by atoms with van der Waals surface area (Å²) in [5.74, 6) is 1.73. The van der Waals surface area contributed by atoms with Crippen molar-refractivity contribution in [3.05, 3.63) is 35.9 Å². The highest BCUT2D eigenvalue weighted by atomic mass is 15.1. The van der Waals surface area contributed by atoms with Gasteiger partial charge < -0.3 is 0 Å². The molecule has 1 nitrogen and oxygen atoms in total. The lowest BCUT2D eigenvalue weighted by molar-refractivity contribution is 0.252. The van der Waals surface area contributed by atoms with Crippen molar-refractivity contribution in [3.63, 3.8) is 0 Å². The van der Waals surface area contributed by atoms with Crippen LogP contribution in [0.1, 0.15) is 110 Å². The Morgan fingerprint density at radius 2 is 1.00 bits per heavy atom. The Balaban J connectivity index is 2.21. The quantitative estimate of drug-likeness (QED) is 0.228. The van der Waals surface area contributed by atoms with E-state index < -0.39 is 0 Å². The lowest BCUT2D eigenvalue weighted by Crippen LogP contribution is -2.25. The second-order valence-electron chi connectivity index (χ2n) is 9.66. The molecule has 0 atom stereocenters. The van der Waals surface area contributed by atoms with Crippen molar-refractivity contribution in [1.82, 2.24) is 4.90 Å². The summed E-state index contributed by atoms with van der Waals surface area (Å²) in [7, 11) is 0. The van der Waals surface area contributed by atoms with Crippen molar-refractivity contribution >= 4 is 0 Å². The summed E-state index contributed by atoms with van der Waals surface area (Å²) in [6.45, 7) is 13.0. The van der Waals surface area contributed by atoms with Crippen LogP contribution in [-0.2, 0) is 6.54 Å². The molecule has 0 N–H and O–H groups in total. The van der Waals surface area contributed by atoms with Gasteiger partial charge in [0.15, 0.2) is 0 Å². The Morgan fingerprint density at radius 3 is 1.46 bits per heavy atom. The van der Waals surface area contributed by atoms with Crippen LogP contribution in [-0.4, -0.2) is 18.0 Å². The van der Waals surface area contributed by atoms with Gasteiger partial charge in [-0.3, -0.25) is 4.90 Å². The van der Waals surface area contributed by atoms with Crippen LogP contribution in [0.25, 0.3) is 0 Å². The molecule has 0 heterocycles. The van der Waals surface area contributed by atoms with E-state index in [9.17, 15) is 0 Å². The van der Waals surface area contributed by atoms with E-state index in [1.807, 2.05) is 0 Å². The first-order valence-electron chi connectivity index (χ1n) is 12.3. The van der Waals surface area contributed by atoms with Crippen LogP contribution in [0.3, 0.4) is 0 Å². The van der Waals surface area contributed by atoms with E-state index in [-0.39, 0.29) is 0 Å². The van der Waals surface area contributed by atoms with Crippen molar-refractivity contribution in [2.45, 2.75) is 111 Å². The maximum absolute atomic E-state index is 2.71. The molecule has 1 aromatic carbocycles. The largest absolute Gasteiger partial charge is 0.299 e. The van der Waals surface area contributed by atoms with Gasteiger partial charge >= 0.3 is 0 Å². The second-order valence-corrected chi connectivity index (χ2v) is 9.66. The summed E-state index contributed by atoms with van der Waals surface area (Å²) in [4.78, 5) is 2.71. The van der Waals surface area contributed by atoms with Gasteiger partial charge in [0.1, 0.15) is 0 Å². The Hall–Kier alpha value is -0.820. The Kier molecular flexibility index (Phi) is 15.4. The molecule has 0 aliphatic carbocycles. The number of hydrogen-bond donors (Lipinski definition) is 0. The first-order chi connectivity index (χ1) is 13.6. The van der Waals surface area contributed by atoms with Gasteiger partial charge in [-0.1, -0.05) is 122 Å². The maximum Gasteiger partial charge on any atom is 0.0233 e. The fourth-order valence-corrected chi connectivity index (χ4v) is 3.95. The molecule has 1 heteroatoms. The van der Waals surface area contributed by atoms with Crippen LogP contribution in [0.2, 0.25) is 0 Å². The molecule has 1 rings (SSSR count). The van der Waals surface area contributed by atoms with Gasteiger partial charge in [0.05, 0.1) is 0 Å². The van der Waals surface area contributed by atoms with Crippen molar-refractivity contribution in [2.75, 3.05) is 13.1 Å². The number of hydrogen-bond acceptors (Lipinski definition) is 1. The predicted octanol–water partition coefficient (Wildman–Crippen LogP) is 8.48. The van der Waals surface area contributed by atoms with E-state index in [0.29, 0.717) is 0 Å². The highest BCUT2D eigenvalue weighted by Gasteiger charge is 2.06. The third-order valence-electron chi connectivity index (χ3n) is 5.76. The van der Waals surface area contributed by atoms with E-state index in [0.717, 1.165) is 18.4 Å². The molecule has 0 fully saturated rings. The van der Waals surface area contributed by atoms with Gasteiger partial charge in [-0.15, -0.1) is 0 Å². The Labute approximate surface area is 177 Å². The molecule has 0 aliphatic heterocycles. The Morgan fingerprint density at radius 1 is 0.571 bits per heavy atom. The average Bonchev–Trinajstić information content (AvgIpc) is 2.66. The summed E-state index contributed by atoms with van der Waals surface area (Å²) in [5, 5.41) is 0. The molecule has 0 aromatic heterocycles. The summed E-state index contributed by atoms with van der Waals surface area (Å²) < 4.78 is 0. The standard InChI is InChI=1S/C27H49N/c1-25(2)18-12-7-5-9-16-22-28(24-27-20-14-11-15-21-27)23-17-10-6-8-13-19-26(3)4/h11,14-15,20-21,25-26H,5-10,12-13,16-19,22-24H2,1-4H3. The average molecular weight is 388 g/mol. The molecule has 0 unspecified atom stereocenters. The predicted molar refractivity (Wildman–Crippen MR) is 127 cm³/mol. The van der Waals surface area contributed by atoms with Crippen molar-refractivity contribution in [2.24, 2.45) is 11.8 Å². The molecule has 0 radical (unpaired) electrons. The summed E-state index contributed by atoms with van der Waals surface area (Å²) in [6, 6.07) is 11.0. The van der Waals surface area contributed by atoms with Gasteiger partial charge in [-0.05, 0) is 43.3 Å². The van der Waals surface area contributed by atoms with Crippen LogP contribution in [0.15, 0.2) is 30.3 Å². The minimum absolute atomic E-state index is 0.867. The van der Waals surface area contributed by atoms with Crippen molar-refractivity contribution in [1.29, 1.82) is 0 Å². The SMILES string of the molecule is CC(C)CCCCCCCN(CCCCCCCC(C)C)Cc1ccccc1. The molecule has 0 spiro atoms. The fraction of sp³-hybridized carbons (Fsp3) is 0.778. The van der Waals surface area contributed by atoms with Gasteiger partial charge in [-0.2, -0.15) is 0 Å². The summed E-state index contributed by atoms with van der Waals surface area (Å²) in [5.41, 5.74) is 1.47. The monoisotopic (exact) mass is 387 g/mol. The lowest BCUT2D eigenvalue weighted by atomic mass is 10.0. The molecule has 1 aromatic rings. The third kappa shape index (κ3) is 15.1. The second kappa shape index (κ2) is 17.1. The number of nitrogens with zero attached hydrogens (tertiary/aromatic N) is 1. The number of rotatable bonds is 18. The fourth-order valence-electron chi connectivity index (χ4n) is 3.95. The van der Waals surface area contributed by atoms with E-state index in [1.165, 1.54) is 95.7 Å². The van der Waals surface area contributed by atoms with Crippen LogP contribution in [0, 0.1) is 11.8 Å². The minimum Gasteiger partial charge on any atom is -0.299 e. The normalized spacial score (nSPS) is 11.8. The molecular weight excluding hydrogens is 338 g/mol. The molecule has 0 saturated carbocycles. The highest BCUT2D eigenvalue weighted by Crippen LogP contribution is 2.14. The number of benzene rings is 1. The van der Waals surface area contributed by atoms with Gasteiger partial charge in [0, 0.05) is 6.54 Å². The van der Waals surface area contributed by atoms with E-state index >= 15 is 0 Å². The lowest BCUT2D eigenvalue weighted by Gasteiger charge is -2.22. The molecule has 28 heavy (non-hydrogen) atoms. The molecule has 0 aliphatic rings. The molecule has 0 saturated heterocycles. The smallest absolute Gasteiger partial charge is 0.0233 e. The summed E-state index contributed by atoms with van der Waals surface area (Å²) >= 11 is 0. The third-order valence-corrected chi connectivity index (χ3v) is 5.76. The topological polar surface area (TPSA) is 3.24 Å². The number of unbranched alkanes of at least 4 members (excludes halogenated alkanes) is 8. The minimum atomic E-state index is 0.867. The van der Waals surface area contributed by atoms with E-state index in [1.54, 1.807) is 0 Å². The van der Waals surface area contributed by atoms with Crippen LogP contribution < -0.4 is 0 Å². The van der Waals surface area contributed by atoms with Crippen LogP contribution in [0.5, 0.6) is 0 Å². The van der Waals surface area contributed by atoms with Crippen LogP contribution in [0.4, 0.5) is 0 Å². The maximum atomic E-state index is 2.71. The van der Waals surface area contributed by atoms with Gasteiger partial charge in [0.25, 0.3) is 0 Å². The van der Waals surface area contributed by atoms with Crippen molar-refractivity contribution in [3.8, 4) is 0 Å². The zero-order chi connectivity index (χ0) is 20.5. The van der Waals surface area contributed by atoms with Crippen LogP contribution >= 0.6 is 0 Å². The van der Waals surface area contributed by atoms with Gasteiger partial charge in [0.2, 0.25) is 0 Å². The zero-order valence-corrected chi connectivity index (χ0v) is 19.6. The summed E-state index contributed by atoms with van der Waals surface area (Å²) in [6.07, 6.45) is 16.9. The van der Waals surface area contributed by atoms with Gasteiger partial charge in [-0.25, -0.2) is 0 Å².